The van der Waals surface area contributed by atoms with Gasteiger partial charge in [0.25, 0.3) is 5.56 Å². The molecule has 3 aromatic rings. The summed E-state index contributed by atoms with van der Waals surface area (Å²) < 4.78 is 28.5. The summed E-state index contributed by atoms with van der Waals surface area (Å²) in [6.45, 7) is 9.36. The van der Waals surface area contributed by atoms with Crippen LogP contribution in [0, 0.1) is 34.6 Å². The van der Waals surface area contributed by atoms with Gasteiger partial charge in [0.1, 0.15) is 0 Å². The highest BCUT2D eigenvalue weighted by atomic mass is 32.2. The summed E-state index contributed by atoms with van der Waals surface area (Å²) in [6, 6.07) is 9.41. The van der Waals surface area contributed by atoms with Crippen molar-refractivity contribution in [3.05, 3.63) is 74.1 Å². The van der Waals surface area contributed by atoms with Gasteiger partial charge < -0.3 is 10.1 Å². The molecule has 0 saturated heterocycles. The van der Waals surface area contributed by atoms with Gasteiger partial charge in [-0.05, 0) is 75.4 Å². The van der Waals surface area contributed by atoms with Crippen LogP contribution in [-0.2, 0) is 16.6 Å². The predicted molar refractivity (Wildman–Crippen MR) is 124 cm³/mol. The van der Waals surface area contributed by atoms with Gasteiger partial charge in [-0.15, -0.1) is 0 Å². The van der Waals surface area contributed by atoms with Crippen LogP contribution in [0.5, 0.6) is 0 Å². The van der Waals surface area contributed by atoms with Crippen LogP contribution in [0.25, 0.3) is 10.9 Å². The van der Waals surface area contributed by atoms with Gasteiger partial charge in [0.15, 0.2) is 0 Å². The second-order valence-corrected chi connectivity index (χ2v) is 10.2. The van der Waals surface area contributed by atoms with E-state index in [2.05, 4.69) is 4.98 Å². The quantitative estimate of drug-likeness (QED) is 0.584. The van der Waals surface area contributed by atoms with Crippen molar-refractivity contribution in [2.24, 2.45) is 0 Å². The van der Waals surface area contributed by atoms with Crippen LogP contribution in [0.15, 0.2) is 40.0 Å². The van der Waals surface area contributed by atoms with Crippen LogP contribution in [0.2, 0.25) is 0 Å². The Bertz CT molecular complexity index is 1270. The molecule has 1 heterocycles. The van der Waals surface area contributed by atoms with Crippen molar-refractivity contribution in [2.45, 2.75) is 52.5 Å². The monoisotopic (exact) mass is 442 g/mol. The van der Waals surface area contributed by atoms with E-state index in [0.29, 0.717) is 16.7 Å². The van der Waals surface area contributed by atoms with Gasteiger partial charge in [-0.3, -0.25) is 4.79 Å². The number of aliphatic hydroxyl groups excluding tert-OH is 1. The first-order valence-electron chi connectivity index (χ1n) is 10.4. The number of hydrogen-bond acceptors (Lipinski definition) is 4. The van der Waals surface area contributed by atoms with Crippen LogP contribution in [0.4, 0.5) is 0 Å². The van der Waals surface area contributed by atoms with E-state index in [1.807, 2.05) is 45.0 Å². The van der Waals surface area contributed by atoms with Crippen molar-refractivity contribution in [1.29, 1.82) is 0 Å². The highest BCUT2D eigenvalue weighted by molar-refractivity contribution is 7.89. The fourth-order valence-corrected chi connectivity index (χ4v) is 6.13. The highest BCUT2D eigenvalue weighted by Gasteiger charge is 2.28. The number of aromatic amines is 1. The molecule has 0 aliphatic carbocycles. The Kier molecular flexibility index (Phi) is 6.69. The third-order valence-electron chi connectivity index (χ3n) is 5.50. The van der Waals surface area contributed by atoms with Crippen LogP contribution >= 0.6 is 0 Å². The molecule has 0 bridgehead atoms. The number of H-pyrrole nitrogens is 1. The lowest BCUT2D eigenvalue weighted by molar-refractivity contribution is 0.267. The molecule has 2 aromatic carbocycles. The molecule has 0 spiro atoms. The molecule has 0 atom stereocenters. The zero-order valence-electron chi connectivity index (χ0n) is 18.7. The Morgan fingerprint density at radius 3 is 2.10 bits per heavy atom. The Labute approximate surface area is 183 Å². The van der Waals surface area contributed by atoms with Crippen molar-refractivity contribution < 1.29 is 13.5 Å². The number of hydrogen-bond donors (Lipinski definition) is 2. The lowest BCUT2D eigenvalue weighted by atomic mass is 10.0. The van der Waals surface area contributed by atoms with Crippen LogP contribution in [0.3, 0.4) is 0 Å². The summed E-state index contributed by atoms with van der Waals surface area (Å²) in [4.78, 5) is 15.9. The van der Waals surface area contributed by atoms with E-state index in [-0.39, 0.29) is 36.6 Å². The Morgan fingerprint density at radius 2 is 1.48 bits per heavy atom. The van der Waals surface area contributed by atoms with Gasteiger partial charge in [0.2, 0.25) is 10.0 Å². The molecule has 0 aliphatic rings. The summed E-state index contributed by atoms with van der Waals surface area (Å²) in [6.07, 6.45) is 0.285. The van der Waals surface area contributed by atoms with E-state index in [9.17, 15) is 18.3 Å². The second kappa shape index (κ2) is 8.94. The lowest BCUT2D eigenvalue weighted by Crippen LogP contribution is -2.35. The lowest BCUT2D eigenvalue weighted by Gasteiger charge is -2.24. The smallest absolute Gasteiger partial charge is 0.252 e. The SMILES string of the molecule is Cc1cc(C)c(S(=O)(=O)N(CCCO)Cc2cc3c(C)cc(C)cc3[nH]c2=O)c(C)c1. The second-order valence-electron chi connectivity index (χ2n) is 8.31. The number of aliphatic hydroxyl groups is 1. The fraction of sp³-hybridized carbons (Fsp3) is 0.375. The minimum atomic E-state index is -3.87. The number of nitrogens with one attached hydrogen (secondary N) is 1. The first-order chi connectivity index (χ1) is 14.5. The molecule has 0 radical (unpaired) electrons. The maximum Gasteiger partial charge on any atom is 0.252 e. The van der Waals surface area contributed by atoms with Gasteiger partial charge in [-0.25, -0.2) is 8.42 Å². The molecule has 1 aromatic heterocycles. The molecule has 7 heteroatoms. The van der Waals surface area contributed by atoms with Gasteiger partial charge in [-0.2, -0.15) is 4.31 Å². The Balaban J connectivity index is 2.11. The van der Waals surface area contributed by atoms with Crippen molar-refractivity contribution in [3.8, 4) is 0 Å². The number of fused-ring (bicyclic) bond motifs is 1. The highest BCUT2D eigenvalue weighted by Crippen LogP contribution is 2.27. The Hall–Kier alpha value is -2.48. The summed E-state index contributed by atoms with van der Waals surface area (Å²) in [7, 11) is -3.87. The molecule has 3 rings (SSSR count). The number of aryl methyl sites for hydroxylation is 5. The standard InChI is InChI=1S/C24H30N2O4S/c1-15-10-18(4)23(19(5)11-15)31(29,30)26(7-6-8-27)14-20-13-21-17(3)9-16(2)12-22(21)25-24(20)28/h9-13,27H,6-8,14H2,1-5H3,(H,25,28). The molecule has 0 unspecified atom stereocenters. The predicted octanol–water partition coefficient (Wildman–Crippen LogP) is 3.64. The normalized spacial score (nSPS) is 12.1. The van der Waals surface area contributed by atoms with E-state index >= 15 is 0 Å². The van der Waals surface area contributed by atoms with Crippen LogP contribution < -0.4 is 5.56 Å². The topological polar surface area (TPSA) is 90.5 Å². The third-order valence-corrected chi connectivity index (χ3v) is 7.66. The maximum absolute atomic E-state index is 13.6. The first kappa shape index (κ1) is 23.2. The Morgan fingerprint density at radius 1 is 0.903 bits per heavy atom. The molecule has 6 nitrogen and oxygen atoms in total. The van der Waals surface area contributed by atoms with Gasteiger partial charge >= 0.3 is 0 Å². The third kappa shape index (κ3) is 4.74. The van der Waals surface area contributed by atoms with E-state index in [4.69, 9.17) is 0 Å². The molecular formula is C24H30N2O4S. The van der Waals surface area contributed by atoms with Crippen molar-refractivity contribution in [1.82, 2.24) is 9.29 Å². The average Bonchev–Trinajstić information content (AvgIpc) is 2.64. The fourth-order valence-electron chi connectivity index (χ4n) is 4.26. The number of sulfonamides is 1. The number of nitrogens with zero attached hydrogens (tertiary/aromatic N) is 1. The number of aromatic nitrogens is 1. The van der Waals surface area contributed by atoms with Crippen LogP contribution in [-0.4, -0.2) is 36.0 Å². The molecule has 0 saturated carbocycles. The summed E-state index contributed by atoms with van der Waals surface area (Å²) in [5.74, 6) is 0. The van der Waals surface area contributed by atoms with Crippen molar-refractivity contribution >= 4 is 20.9 Å². The van der Waals surface area contributed by atoms with Gasteiger partial charge in [0.05, 0.1) is 4.90 Å². The number of pyridine rings is 1. The summed E-state index contributed by atoms with van der Waals surface area (Å²) in [5.41, 5.74) is 5.21. The molecule has 2 N–H and O–H groups in total. The molecular weight excluding hydrogens is 412 g/mol. The van der Waals surface area contributed by atoms with Gasteiger partial charge in [-0.1, -0.05) is 23.8 Å². The number of benzene rings is 2. The van der Waals surface area contributed by atoms with E-state index < -0.39 is 10.0 Å². The summed E-state index contributed by atoms with van der Waals surface area (Å²) in [5, 5.41) is 10.2. The minimum absolute atomic E-state index is 0.0618. The van der Waals surface area contributed by atoms with E-state index in [0.717, 1.165) is 27.6 Å². The van der Waals surface area contributed by atoms with Gasteiger partial charge in [0, 0.05) is 36.2 Å². The zero-order chi connectivity index (χ0) is 22.9. The molecule has 31 heavy (non-hydrogen) atoms. The molecule has 166 valence electrons. The van der Waals surface area contributed by atoms with Crippen molar-refractivity contribution in [3.63, 3.8) is 0 Å². The number of rotatable bonds is 7. The maximum atomic E-state index is 13.6. The van der Waals surface area contributed by atoms with Crippen LogP contribution in [0.1, 0.15) is 39.8 Å². The largest absolute Gasteiger partial charge is 0.396 e. The van der Waals surface area contributed by atoms with E-state index in [1.54, 1.807) is 19.9 Å². The molecule has 0 fully saturated rings. The molecule has 0 amide bonds. The average molecular weight is 443 g/mol. The summed E-state index contributed by atoms with van der Waals surface area (Å²) >= 11 is 0. The minimum Gasteiger partial charge on any atom is -0.396 e. The first-order valence-corrected chi connectivity index (χ1v) is 11.8. The zero-order valence-corrected chi connectivity index (χ0v) is 19.6. The van der Waals surface area contributed by atoms with Crippen molar-refractivity contribution in [2.75, 3.05) is 13.2 Å². The molecule has 0 aliphatic heterocycles. The van der Waals surface area contributed by atoms with E-state index in [1.165, 1.54) is 4.31 Å².